The maximum atomic E-state index is 8.89. The average Bonchev–Trinajstić information content (AvgIpc) is 2.32. The van der Waals surface area contributed by atoms with E-state index in [0.717, 1.165) is 19.3 Å². The van der Waals surface area contributed by atoms with Crippen LogP contribution in [0, 0.1) is 16.7 Å². The SMILES string of the molecule is CC(C)(C#N)CCCCOc1c(Cl)cccc1Cl. The fraction of sp³-hybridized carbons (Fsp3) is 0.500. The Bertz CT molecular complexity index is 418. The third kappa shape index (κ3) is 4.76. The van der Waals surface area contributed by atoms with Crippen molar-refractivity contribution in [2.75, 3.05) is 6.61 Å². The van der Waals surface area contributed by atoms with Crippen LogP contribution in [0.1, 0.15) is 33.1 Å². The second kappa shape index (κ2) is 6.87. The number of unbranched alkanes of at least 4 members (excludes halogenated alkanes) is 1. The van der Waals surface area contributed by atoms with Crippen LogP contribution in [0.3, 0.4) is 0 Å². The number of halogens is 2. The molecule has 1 aromatic carbocycles. The standard InChI is InChI=1S/C14H17Cl2NO/c1-14(2,10-17)8-3-4-9-18-13-11(15)6-5-7-12(13)16/h5-7H,3-4,8-9H2,1-2H3. The summed E-state index contributed by atoms with van der Waals surface area (Å²) in [6.07, 6.45) is 2.69. The van der Waals surface area contributed by atoms with Crippen LogP contribution in [-0.2, 0) is 0 Å². The van der Waals surface area contributed by atoms with Crippen LogP contribution in [0.15, 0.2) is 18.2 Å². The number of hydrogen-bond acceptors (Lipinski definition) is 2. The molecule has 0 saturated carbocycles. The number of nitrogens with zero attached hydrogens (tertiary/aromatic N) is 1. The molecule has 98 valence electrons. The van der Waals surface area contributed by atoms with E-state index in [0.29, 0.717) is 22.4 Å². The normalized spacial score (nSPS) is 11.1. The lowest BCUT2D eigenvalue weighted by Gasteiger charge is -2.14. The first-order chi connectivity index (χ1) is 8.46. The summed E-state index contributed by atoms with van der Waals surface area (Å²) < 4.78 is 5.57. The van der Waals surface area contributed by atoms with Crippen LogP contribution in [0.25, 0.3) is 0 Å². The third-order valence-corrected chi connectivity index (χ3v) is 3.26. The molecule has 0 heterocycles. The molecular formula is C14H17Cl2NO. The molecule has 0 bridgehead atoms. The summed E-state index contributed by atoms with van der Waals surface area (Å²) in [4.78, 5) is 0. The highest BCUT2D eigenvalue weighted by molar-refractivity contribution is 6.37. The van der Waals surface area contributed by atoms with Crippen molar-refractivity contribution in [1.29, 1.82) is 5.26 Å². The van der Waals surface area contributed by atoms with E-state index in [1.54, 1.807) is 18.2 Å². The van der Waals surface area contributed by atoms with Gasteiger partial charge in [0.1, 0.15) is 0 Å². The predicted octanol–water partition coefficient (Wildman–Crippen LogP) is 5.09. The van der Waals surface area contributed by atoms with Gasteiger partial charge < -0.3 is 4.74 Å². The molecule has 0 aliphatic rings. The lowest BCUT2D eigenvalue weighted by molar-refractivity contribution is 0.295. The number of ether oxygens (including phenoxy) is 1. The second-order valence-corrected chi connectivity index (χ2v) is 5.67. The van der Waals surface area contributed by atoms with E-state index in [9.17, 15) is 0 Å². The largest absolute Gasteiger partial charge is 0.490 e. The van der Waals surface area contributed by atoms with Gasteiger partial charge in [0.15, 0.2) is 5.75 Å². The topological polar surface area (TPSA) is 33.0 Å². The lowest BCUT2D eigenvalue weighted by Crippen LogP contribution is -2.08. The van der Waals surface area contributed by atoms with Crippen LogP contribution in [-0.4, -0.2) is 6.61 Å². The van der Waals surface area contributed by atoms with Crippen molar-refractivity contribution in [3.8, 4) is 11.8 Å². The smallest absolute Gasteiger partial charge is 0.156 e. The summed E-state index contributed by atoms with van der Waals surface area (Å²) in [5, 5.41) is 9.94. The maximum Gasteiger partial charge on any atom is 0.156 e. The van der Waals surface area contributed by atoms with E-state index in [-0.39, 0.29) is 5.41 Å². The first-order valence-electron chi connectivity index (χ1n) is 5.94. The zero-order chi connectivity index (χ0) is 13.6. The number of rotatable bonds is 6. The Morgan fingerprint density at radius 1 is 1.22 bits per heavy atom. The first kappa shape index (κ1) is 15.1. The van der Waals surface area contributed by atoms with Crippen LogP contribution in [0.2, 0.25) is 10.0 Å². The van der Waals surface area contributed by atoms with Crippen molar-refractivity contribution in [3.63, 3.8) is 0 Å². The Kier molecular flexibility index (Phi) is 5.78. The van der Waals surface area contributed by atoms with Gasteiger partial charge in [0, 0.05) is 0 Å². The van der Waals surface area contributed by atoms with E-state index in [1.165, 1.54) is 0 Å². The summed E-state index contributed by atoms with van der Waals surface area (Å²) in [5.41, 5.74) is -0.262. The summed E-state index contributed by atoms with van der Waals surface area (Å²) in [6, 6.07) is 7.57. The van der Waals surface area contributed by atoms with Gasteiger partial charge in [-0.3, -0.25) is 0 Å². The van der Waals surface area contributed by atoms with Crippen LogP contribution < -0.4 is 4.74 Å². The van der Waals surface area contributed by atoms with E-state index in [1.807, 2.05) is 13.8 Å². The molecule has 0 aromatic heterocycles. The highest BCUT2D eigenvalue weighted by Gasteiger charge is 2.15. The highest BCUT2D eigenvalue weighted by atomic mass is 35.5. The molecule has 18 heavy (non-hydrogen) atoms. The van der Waals surface area contributed by atoms with Crippen molar-refractivity contribution >= 4 is 23.2 Å². The molecule has 0 atom stereocenters. The van der Waals surface area contributed by atoms with E-state index in [2.05, 4.69) is 6.07 Å². The monoisotopic (exact) mass is 285 g/mol. The minimum Gasteiger partial charge on any atom is -0.490 e. The lowest BCUT2D eigenvalue weighted by atomic mass is 9.89. The Labute approximate surface area is 118 Å². The quantitative estimate of drug-likeness (QED) is 0.682. The number of hydrogen-bond donors (Lipinski definition) is 0. The molecule has 0 fully saturated rings. The molecule has 0 saturated heterocycles. The molecule has 0 spiro atoms. The van der Waals surface area contributed by atoms with Crippen molar-refractivity contribution in [1.82, 2.24) is 0 Å². The summed E-state index contributed by atoms with van der Waals surface area (Å²) in [5.74, 6) is 0.542. The molecule has 0 unspecified atom stereocenters. The second-order valence-electron chi connectivity index (χ2n) is 4.85. The van der Waals surface area contributed by atoms with Gasteiger partial charge in [-0.15, -0.1) is 0 Å². The fourth-order valence-electron chi connectivity index (χ4n) is 1.52. The molecule has 0 aliphatic heterocycles. The van der Waals surface area contributed by atoms with E-state index in [4.69, 9.17) is 33.2 Å². The minimum atomic E-state index is -0.262. The first-order valence-corrected chi connectivity index (χ1v) is 6.70. The summed E-state index contributed by atoms with van der Waals surface area (Å²) in [6.45, 7) is 4.45. The molecule has 4 heteroatoms. The van der Waals surface area contributed by atoms with Gasteiger partial charge in [-0.25, -0.2) is 0 Å². The predicted molar refractivity (Wildman–Crippen MR) is 75.2 cm³/mol. The van der Waals surface area contributed by atoms with Crippen LogP contribution in [0.4, 0.5) is 0 Å². The van der Waals surface area contributed by atoms with E-state index < -0.39 is 0 Å². The van der Waals surface area contributed by atoms with Crippen molar-refractivity contribution < 1.29 is 4.74 Å². The zero-order valence-corrected chi connectivity index (χ0v) is 12.2. The molecule has 1 aromatic rings. The van der Waals surface area contributed by atoms with Crippen LogP contribution >= 0.6 is 23.2 Å². The van der Waals surface area contributed by atoms with Gasteiger partial charge in [0.05, 0.1) is 28.1 Å². The summed E-state index contributed by atoms with van der Waals surface area (Å²) >= 11 is 12.0. The third-order valence-electron chi connectivity index (χ3n) is 2.66. The molecule has 2 nitrogen and oxygen atoms in total. The van der Waals surface area contributed by atoms with Gasteiger partial charge in [-0.05, 0) is 45.2 Å². The Hall–Kier alpha value is -0.910. The van der Waals surface area contributed by atoms with Crippen LogP contribution in [0.5, 0.6) is 5.75 Å². The molecule has 0 N–H and O–H groups in total. The number of nitriles is 1. The summed E-state index contributed by atoms with van der Waals surface area (Å²) in [7, 11) is 0. The number of para-hydroxylation sites is 1. The molecule has 1 rings (SSSR count). The molecule has 0 amide bonds. The van der Waals surface area contributed by atoms with Crippen molar-refractivity contribution in [2.45, 2.75) is 33.1 Å². The molecule has 0 aliphatic carbocycles. The van der Waals surface area contributed by atoms with Gasteiger partial charge >= 0.3 is 0 Å². The van der Waals surface area contributed by atoms with Gasteiger partial charge in [-0.2, -0.15) is 5.26 Å². The van der Waals surface area contributed by atoms with Crippen molar-refractivity contribution in [3.05, 3.63) is 28.2 Å². The highest BCUT2D eigenvalue weighted by Crippen LogP contribution is 2.32. The fourth-order valence-corrected chi connectivity index (χ4v) is 2.03. The van der Waals surface area contributed by atoms with Gasteiger partial charge in [0.2, 0.25) is 0 Å². The Morgan fingerprint density at radius 3 is 2.39 bits per heavy atom. The van der Waals surface area contributed by atoms with Crippen molar-refractivity contribution in [2.24, 2.45) is 5.41 Å². The molecular weight excluding hydrogens is 269 g/mol. The van der Waals surface area contributed by atoms with Gasteiger partial charge in [-0.1, -0.05) is 29.3 Å². The maximum absolute atomic E-state index is 8.89. The minimum absolute atomic E-state index is 0.262. The Morgan fingerprint density at radius 2 is 1.83 bits per heavy atom. The molecule has 0 radical (unpaired) electrons. The van der Waals surface area contributed by atoms with Gasteiger partial charge in [0.25, 0.3) is 0 Å². The average molecular weight is 286 g/mol. The number of benzene rings is 1. The van der Waals surface area contributed by atoms with E-state index >= 15 is 0 Å². The zero-order valence-electron chi connectivity index (χ0n) is 10.7. The Balaban J connectivity index is 2.33.